The molecule has 0 aliphatic carbocycles. The number of hydrogen-bond donors (Lipinski definition) is 2. The van der Waals surface area contributed by atoms with Crippen LogP contribution in [0.5, 0.6) is 0 Å². The van der Waals surface area contributed by atoms with E-state index in [4.69, 9.17) is 23.2 Å². The zero-order chi connectivity index (χ0) is 15.2. The smallest absolute Gasteiger partial charge is 0.274 e. The summed E-state index contributed by atoms with van der Waals surface area (Å²) in [5.74, 6) is -0.320. The molecule has 4 nitrogen and oxygen atoms in total. The van der Waals surface area contributed by atoms with Crippen LogP contribution >= 0.6 is 23.2 Å². The number of carbonyl (C=O) groups is 1. The zero-order valence-corrected chi connectivity index (χ0v) is 13.0. The third kappa shape index (κ3) is 4.34. The molecular formula is C15H15Cl2N3O. The quantitative estimate of drug-likeness (QED) is 0.853. The van der Waals surface area contributed by atoms with Crippen LogP contribution in [-0.2, 0) is 0 Å². The lowest BCUT2D eigenvalue weighted by molar-refractivity contribution is 0.102. The number of rotatable bonds is 5. The molecule has 1 aromatic carbocycles. The van der Waals surface area contributed by atoms with Gasteiger partial charge in [0.2, 0.25) is 0 Å². The average molecular weight is 324 g/mol. The molecule has 1 aromatic heterocycles. The Hall–Kier alpha value is -1.78. The number of nitrogens with one attached hydrogen (secondary N) is 2. The average Bonchev–Trinajstić information content (AvgIpc) is 2.48. The van der Waals surface area contributed by atoms with Gasteiger partial charge in [-0.05, 0) is 36.8 Å². The highest BCUT2D eigenvalue weighted by Crippen LogP contribution is 2.25. The molecule has 0 spiro atoms. The number of pyridine rings is 1. The molecule has 1 amide bonds. The molecule has 0 fully saturated rings. The minimum absolute atomic E-state index is 0.320. The van der Waals surface area contributed by atoms with Crippen molar-refractivity contribution in [3.8, 4) is 0 Å². The molecule has 0 aliphatic rings. The lowest BCUT2D eigenvalue weighted by Crippen LogP contribution is -2.14. The number of hydrogen-bond acceptors (Lipinski definition) is 3. The van der Waals surface area contributed by atoms with Crippen LogP contribution in [0.2, 0.25) is 10.0 Å². The summed E-state index contributed by atoms with van der Waals surface area (Å²) in [5.41, 5.74) is 1.68. The van der Waals surface area contributed by atoms with Crippen molar-refractivity contribution < 1.29 is 4.79 Å². The van der Waals surface area contributed by atoms with Gasteiger partial charge in [-0.15, -0.1) is 0 Å². The normalized spacial score (nSPS) is 10.2. The van der Waals surface area contributed by atoms with Crippen LogP contribution < -0.4 is 10.6 Å². The number of anilines is 2. The summed E-state index contributed by atoms with van der Waals surface area (Å²) in [4.78, 5) is 16.3. The summed E-state index contributed by atoms with van der Waals surface area (Å²) < 4.78 is 0. The van der Waals surface area contributed by atoms with Crippen LogP contribution in [0.1, 0.15) is 23.8 Å². The van der Waals surface area contributed by atoms with E-state index in [0.29, 0.717) is 21.4 Å². The van der Waals surface area contributed by atoms with Gasteiger partial charge in [0.25, 0.3) is 5.91 Å². The van der Waals surface area contributed by atoms with E-state index in [-0.39, 0.29) is 5.91 Å². The van der Waals surface area contributed by atoms with Gasteiger partial charge in [0.15, 0.2) is 0 Å². The summed E-state index contributed by atoms with van der Waals surface area (Å²) in [6.45, 7) is 2.92. The van der Waals surface area contributed by atoms with Crippen molar-refractivity contribution in [2.24, 2.45) is 0 Å². The fourth-order valence-electron chi connectivity index (χ4n) is 1.71. The second-order valence-corrected chi connectivity index (χ2v) is 5.28. The fraction of sp³-hybridized carbons (Fsp3) is 0.200. The Morgan fingerprint density at radius 2 is 2.05 bits per heavy atom. The van der Waals surface area contributed by atoms with Gasteiger partial charge in [0, 0.05) is 23.5 Å². The molecule has 2 aromatic rings. The first kappa shape index (κ1) is 15.6. The Balaban J connectivity index is 2.12. The van der Waals surface area contributed by atoms with Crippen molar-refractivity contribution in [2.75, 3.05) is 17.2 Å². The number of nitrogens with zero attached hydrogens (tertiary/aromatic N) is 1. The maximum Gasteiger partial charge on any atom is 0.274 e. The van der Waals surface area contributed by atoms with Gasteiger partial charge in [0.05, 0.1) is 10.7 Å². The first-order valence-corrected chi connectivity index (χ1v) is 7.32. The summed E-state index contributed by atoms with van der Waals surface area (Å²) in [7, 11) is 0. The minimum Gasteiger partial charge on any atom is -0.385 e. The highest BCUT2D eigenvalue weighted by Gasteiger charge is 2.10. The summed E-state index contributed by atoms with van der Waals surface area (Å²) in [5, 5.41) is 6.83. The largest absolute Gasteiger partial charge is 0.385 e. The number of aromatic nitrogens is 1. The molecule has 21 heavy (non-hydrogen) atoms. The number of benzene rings is 1. The Morgan fingerprint density at radius 3 is 2.76 bits per heavy atom. The molecule has 0 radical (unpaired) electrons. The highest BCUT2D eigenvalue weighted by atomic mass is 35.5. The van der Waals surface area contributed by atoms with Crippen molar-refractivity contribution in [1.82, 2.24) is 4.98 Å². The SMILES string of the molecule is CCCNc1ccnc(C(=O)Nc2ccc(Cl)cc2Cl)c1. The lowest BCUT2D eigenvalue weighted by Gasteiger charge is -2.09. The number of halogens is 2. The Labute approximate surface area is 133 Å². The van der Waals surface area contributed by atoms with Gasteiger partial charge in [-0.25, -0.2) is 0 Å². The molecule has 0 bridgehead atoms. The molecule has 1 heterocycles. The van der Waals surface area contributed by atoms with Crippen molar-refractivity contribution in [3.63, 3.8) is 0 Å². The van der Waals surface area contributed by atoms with E-state index < -0.39 is 0 Å². The monoisotopic (exact) mass is 323 g/mol. The van der Waals surface area contributed by atoms with Crippen molar-refractivity contribution in [3.05, 3.63) is 52.3 Å². The van der Waals surface area contributed by atoms with Gasteiger partial charge in [-0.3, -0.25) is 9.78 Å². The topological polar surface area (TPSA) is 54.0 Å². The van der Waals surface area contributed by atoms with Crippen LogP contribution in [0.25, 0.3) is 0 Å². The van der Waals surface area contributed by atoms with Crippen LogP contribution in [0, 0.1) is 0 Å². The number of amides is 1. The Bertz CT molecular complexity index is 647. The second-order valence-electron chi connectivity index (χ2n) is 4.43. The Morgan fingerprint density at radius 1 is 1.24 bits per heavy atom. The predicted molar refractivity (Wildman–Crippen MR) is 87.4 cm³/mol. The molecule has 0 unspecified atom stereocenters. The molecule has 0 saturated carbocycles. The molecular weight excluding hydrogens is 309 g/mol. The summed E-state index contributed by atoms with van der Waals surface area (Å²) >= 11 is 11.9. The molecule has 2 rings (SSSR count). The van der Waals surface area contributed by atoms with Gasteiger partial charge in [0.1, 0.15) is 5.69 Å². The first-order valence-electron chi connectivity index (χ1n) is 6.56. The third-order valence-corrected chi connectivity index (χ3v) is 3.30. The third-order valence-electron chi connectivity index (χ3n) is 2.75. The molecule has 2 N–H and O–H groups in total. The summed E-state index contributed by atoms with van der Waals surface area (Å²) in [6.07, 6.45) is 2.60. The van der Waals surface area contributed by atoms with Crippen molar-refractivity contribution >= 4 is 40.5 Å². The van der Waals surface area contributed by atoms with Crippen LogP contribution in [0.3, 0.4) is 0 Å². The van der Waals surface area contributed by atoms with E-state index in [1.165, 1.54) is 0 Å². The highest BCUT2D eigenvalue weighted by molar-refractivity contribution is 6.36. The molecule has 0 aliphatic heterocycles. The predicted octanol–water partition coefficient (Wildman–Crippen LogP) is 4.46. The standard InChI is InChI=1S/C15H15Cl2N3O/c1-2-6-18-11-5-7-19-14(9-11)15(21)20-13-4-3-10(16)8-12(13)17/h3-5,7-9H,2,6H2,1H3,(H,18,19)(H,20,21). The van der Waals surface area contributed by atoms with Gasteiger partial charge < -0.3 is 10.6 Å². The van der Waals surface area contributed by atoms with Gasteiger partial charge >= 0.3 is 0 Å². The van der Waals surface area contributed by atoms with Crippen LogP contribution in [0.15, 0.2) is 36.5 Å². The van der Waals surface area contributed by atoms with E-state index in [0.717, 1.165) is 18.7 Å². The van der Waals surface area contributed by atoms with Gasteiger partial charge in [-0.2, -0.15) is 0 Å². The van der Waals surface area contributed by atoms with E-state index in [2.05, 4.69) is 22.5 Å². The van der Waals surface area contributed by atoms with E-state index >= 15 is 0 Å². The molecule has 6 heteroatoms. The van der Waals surface area contributed by atoms with Crippen molar-refractivity contribution in [2.45, 2.75) is 13.3 Å². The van der Waals surface area contributed by atoms with Gasteiger partial charge in [-0.1, -0.05) is 30.1 Å². The summed E-state index contributed by atoms with van der Waals surface area (Å²) in [6, 6.07) is 8.42. The Kier molecular flexibility index (Phi) is 5.42. The van der Waals surface area contributed by atoms with Crippen LogP contribution in [-0.4, -0.2) is 17.4 Å². The van der Waals surface area contributed by atoms with Crippen LogP contribution in [0.4, 0.5) is 11.4 Å². The fourth-order valence-corrected chi connectivity index (χ4v) is 2.17. The minimum atomic E-state index is -0.320. The van der Waals surface area contributed by atoms with E-state index in [1.807, 2.05) is 6.07 Å². The number of carbonyl (C=O) groups excluding carboxylic acids is 1. The molecule has 0 saturated heterocycles. The molecule has 110 valence electrons. The lowest BCUT2D eigenvalue weighted by atomic mass is 10.2. The first-order chi connectivity index (χ1) is 10.1. The van der Waals surface area contributed by atoms with E-state index in [1.54, 1.807) is 30.5 Å². The zero-order valence-electron chi connectivity index (χ0n) is 11.5. The molecule has 0 atom stereocenters. The second kappa shape index (κ2) is 7.29. The maximum atomic E-state index is 12.2. The van der Waals surface area contributed by atoms with Crippen molar-refractivity contribution in [1.29, 1.82) is 0 Å². The maximum absolute atomic E-state index is 12.2. The van der Waals surface area contributed by atoms with E-state index in [9.17, 15) is 4.79 Å².